The number of hydrogen-bond donors (Lipinski definition) is 1. The van der Waals surface area contributed by atoms with E-state index in [4.69, 9.17) is 9.84 Å². The fourth-order valence-electron chi connectivity index (χ4n) is 1.68. The minimum Gasteiger partial charge on any atom is -0.478 e. The maximum absolute atomic E-state index is 13.7. The van der Waals surface area contributed by atoms with Crippen molar-refractivity contribution in [1.29, 1.82) is 0 Å². The second-order valence-electron chi connectivity index (χ2n) is 4.25. The van der Waals surface area contributed by atoms with Crippen LogP contribution in [-0.4, -0.2) is 11.1 Å². The number of ether oxygens (including phenoxy) is 1. The second-order valence-corrected chi connectivity index (χ2v) is 4.25. The van der Waals surface area contributed by atoms with Gasteiger partial charge in [-0.25, -0.2) is 9.18 Å². The van der Waals surface area contributed by atoms with E-state index in [1.807, 2.05) is 6.92 Å². The summed E-state index contributed by atoms with van der Waals surface area (Å²) in [7, 11) is 0. The number of hydrogen-bond acceptors (Lipinski definition) is 2. The topological polar surface area (TPSA) is 46.5 Å². The van der Waals surface area contributed by atoms with Crippen LogP contribution in [0, 0.1) is 12.7 Å². The summed E-state index contributed by atoms with van der Waals surface area (Å²) in [4.78, 5) is 10.6. The van der Waals surface area contributed by atoms with Gasteiger partial charge in [-0.1, -0.05) is 24.3 Å². The Kier molecular flexibility index (Phi) is 4.15. The summed E-state index contributed by atoms with van der Waals surface area (Å²) in [5.41, 5.74) is 1.44. The van der Waals surface area contributed by atoms with E-state index in [0.717, 1.165) is 11.6 Å². The molecule has 102 valence electrons. The SMILES string of the molecule is Cc1ccc(F)c(Oc2ccccc2C=CC(=O)O)c1. The molecule has 0 aliphatic heterocycles. The van der Waals surface area contributed by atoms with Gasteiger partial charge in [-0.15, -0.1) is 0 Å². The van der Waals surface area contributed by atoms with Gasteiger partial charge in [-0.3, -0.25) is 0 Å². The first kappa shape index (κ1) is 13.8. The predicted molar refractivity (Wildman–Crippen MR) is 74.3 cm³/mol. The van der Waals surface area contributed by atoms with E-state index < -0.39 is 11.8 Å². The van der Waals surface area contributed by atoms with Crippen LogP contribution in [0.4, 0.5) is 4.39 Å². The Hall–Kier alpha value is -2.62. The largest absolute Gasteiger partial charge is 0.478 e. The van der Waals surface area contributed by atoms with Crippen LogP contribution >= 0.6 is 0 Å². The molecule has 0 saturated heterocycles. The summed E-state index contributed by atoms with van der Waals surface area (Å²) < 4.78 is 19.2. The number of aliphatic carboxylic acids is 1. The highest BCUT2D eigenvalue weighted by molar-refractivity contribution is 5.85. The lowest BCUT2D eigenvalue weighted by molar-refractivity contribution is -0.131. The maximum atomic E-state index is 13.7. The van der Waals surface area contributed by atoms with Crippen LogP contribution in [-0.2, 0) is 4.79 Å². The van der Waals surface area contributed by atoms with Crippen molar-refractivity contribution in [2.24, 2.45) is 0 Å². The molecule has 0 saturated carbocycles. The Balaban J connectivity index is 2.34. The van der Waals surface area contributed by atoms with Gasteiger partial charge in [0.15, 0.2) is 11.6 Å². The first-order valence-corrected chi connectivity index (χ1v) is 6.00. The maximum Gasteiger partial charge on any atom is 0.328 e. The molecule has 0 bridgehead atoms. The highest BCUT2D eigenvalue weighted by atomic mass is 19.1. The normalized spacial score (nSPS) is 10.7. The summed E-state index contributed by atoms with van der Waals surface area (Å²) in [6.07, 6.45) is 2.42. The van der Waals surface area contributed by atoms with Crippen molar-refractivity contribution < 1.29 is 19.0 Å². The first-order valence-electron chi connectivity index (χ1n) is 6.00. The molecule has 1 N–H and O–H groups in total. The Bertz CT molecular complexity index is 663. The number of carbonyl (C=O) groups is 1. The molecule has 0 aliphatic rings. The van der Waals surface area contributed by atoms with Crippen molar-refractivity contribution in [3.8, 4) is 11.5 Å². The fraction of sp³-hybridized carbons (Fsp3) is 0.0625. The molecule has 0 radical (unpaired) electrons. The summed E-state index contributed by atoms with van der Waals surface area (Å²) in [6.45, 7) is 1.84. The number of para-hydroxylation sites is 1. The highest BCUT2D eigenvalue weighted by Gasteiger charge is 2.07. The zero-order valence-corrected chi connectivity index (χ0v) is 10.8. The molecule has 0 heterocycles. The van der Waals surface area contributed by atoms with Crippen molar-refractivity contribution in [3.63, 3.8) is 0 Å². The van der Waals surface area contributed by atoms with Gasteiger partial charge in [0.1, 0.15) is 5.75 Å². The van der Waals surface area contributed by atoms with Crippen LogP contribution in [0.5, 0.6) is 11.5 Å². The number of rotatable bonds is 4. The molecule has 4 heteroatoms. The molecule has 2 aromatic carbocycles. The summed E-state index contributed by atoms with van der Waals surface area (Å²) in [6, 6.07) is 11.4. The molecule has 2 rings (SSSR count). The molecule has 0 spiro atoms. The number of carboxylic acids is 1. The highest BCUT2D eigenvalue weighted by Crippen LogP contribution is 2.28. The number of aryl methyl sites for hydroxylation is 1. The Labute approximate surface area is 115 Å². The van der Waals surface area contributed by atoms with E-state index in [0.29, 0.717) is 11.3 Å². The quantitative estimate of drug-likeness (QED) is 0.855. The minimum atomic E-state index is -1.05. The van der Waals surface area contributed by atoms with Crippen molar-refractivity contribution >= 4 is 12.0 Å². The molecule has 3 nitrogen and oxygen atoms in total. The standard InChI is InChI=1S/C16H13FO3/c1-11-6-8-13(17)15(10-11)20-14-5-3-2-4-12(14)7-9-16(18)19/h2-10H,1H3,(H,18,19). The predicted octanol–water partition coefficient (Wildman–Crippen LogP) is 4.02. The van der Waals surface area contributed by atoms with Crippen LogP contribution in [0.25, 0.3) is 6.08 Å². The van der Waals surface area contributed by atoms with Crippen LogP contribution in [0.2, 0.25) is 0 Å². The monoisotopic (exact) mass is 272 g/mol. The lowest BCUT2D eigenvalue weighted by atomic mass is 10.2. The van der Waals surface area contributed by atoms with Gasteiger partial charge >= 0.3 is 5.97 Å². The molecule has 0 fully saturated rings. The van der Waals surface area contributed by atoms with E-state index in [9.17, 15) is 9.18 Å². The van der Waals surface area contributed by atoms with Gasteiger partial charge in [0.2, 0.25) is 0 Å². The first-order chi connectivity index (χ1) is 9.56. The third-order valence-electron chi connectivity index (χ3n) is 2.63. The van der Waals surface area contributed by atoms with Gasteiger partial charge in [0, 0.05) is 11.6 Å². The summed E-state index contributed by atoms with van der Waals surface area (Å²) in [5, 5.41) is 8.65. The van der Waals surface area contributed by atoms with Gasteiger partial charge in [-0.2, -0.15) is 0 Å². The van der Waals surface area contributed by atoms with Gasteiger partial charge < -0.3 is 9.84 Å². The zero-order chi connectivity index (χ0) is 14.5. The average molecular weight is 272 g/mol. The molecule has 0 amide bonds. The van der Waals surface area contributed by atoms with Crippen LogP contribution in [0.3, 0.4) is 0 Å². The van der Waals surface area contributed by atoms with Crippen molar-refractivity contribution in [2.45, 2.75) is 6.92 Å². The molecular weight excluding hydrogens is 259 g/mol. The van der Waals surface area contributed by atoms with Crippen molar-refractivity contribution in [3.05, 3.63) is 65.5 Å². The number of halogens is 1. The minimum absolute atomic E-state index is 0.112. The molecule has 20 heavy (non-hydrogen) atoms. The Morgan fingerprint density at radius 2 is 1.95 bits per heavy atom. The van der Waals surface area contributed by atoms with E-state index in [-0.39, 0.29) is 5.75 Å². The van der Waals surface area contributed by atoms with E-state index >= 15 is 0 Å². The molecule has 2 aromatic rings. The third-order valence-corrected chi connectivity index (χ3v) is 2.63. The van der Waals surface area contributed by atoms with E-state index in [1.54, 1.807) is 36.4 Å². The lowest BCUT2D eigenvalue weighted by Crippen LogP contribution is -1.92. The fourth-order valence-corrected chi connectivity index (χ4v) is 1.68. The smallest absolute Gasteiger partial charge is 0.328 e. The van der Waals surface area contributed by atoms with Gasteiger partial charge in [0.05, 0.1) is 0 Å². The second kappa shape index (κ2) is 6.02. The number of carboxylic acid groups (broad SMARTS) is 1. The summed E-state index contributed by atoms with van der Waals surface area (Å²) in [5.74, 6) is -1.01. The molecule has 0 aliphatic carbocycles. The van der Waals surface area contributed by atoms with Gasteiger partial charge in [-0.05, 0) is 36.8 Å². The van der Waals surface area contributed by atoms with Crippen molar-refractivity contribution in [1.82, 2.24) is 0 Å². The molecule has 0 aromatic heterocycles. The molecule has 0 unspecified atom stereocenters. The Morgan fingerprint density at radius 3 is 2.70 bits per heavy atom. The lowest BCUT2D eigenvalue weighted by Gasteiger charge is -2.10. The molecule has 0 atom stereocenters. The summed E-state index contributed by atoms with van der Waals surface area (Å²) >= 11 is 0. The third kappa shape index (κ3) is 3.45. The van der Waals surface area contributed by atoms with Crippen LogP contribution in [0.1, 0.15) is 11.1 Å². The van der Waals surface area contributed by atoms with Crippen LogP contribution < -0.4 is 4.74 Å². The molecular formula is C16H13FO3. The number of benzene rings is 2. The zero-order valence-electron chi connectivity index (χ0n) is 10.8. The van der Waals surface area contributed by atoms with Crippen LogP contribution in [0.15, 0.2) is 48.5 Å². The van der Waals surface area contributed by atoms with Crippen molar-refractivity contribution in [2.75, 3.05) is 0 Å². The Morgan fingerprint density at radius 1 is 1.20 bits per heavy atom. The van der Waals surface area contributed by atoms with Gasteiger partial charge in [0.25, 0.3) is 0 Å². The van der Waals surface area contributed by atoms with E-state index in [2.05, 4.69) is 0 Å². The van der Waals surface area contributed by atoms with E-state index in [1.165, 1.54) is 12.1 Å². The average Bonchev–Trinajstić information content (AvgIpc) is 2.42.